The zero-order chi connectivity index (χ0) is 19.2. The number of nitrogens with one attached hydrogen (secondary N) is 1. The normalized spacial score (nSPS) is 14.5. The van der Waals surface area contributed by atoms with Gasteiger partial charge in [0.25, 0.3) is 0 Å². The van der Waals surface area contributed by atoms with E-state index >= 15 is 0 Å². The summed E-state index contributed by atoms with van der Waals surface area (Å²) >= 11 is 0. The van der Waals surface area contributed by atoms with Gasteiger partial charge in [-0.15, -0.1) is 0 Å². The molecule has 0 saturated carbocycles. The molecule has 0 radical (unpaired) electrons. The minimum atomic E-state index is -0.0123. The lowest BCUT2D eigenvalue weighted by Gasteiger charge is -2.34. The van der Waals surface area contributed by atoms with Crippen molar-refractivity contribution in [3.05, 3.63) is 59.2 Å². The van der Waals surface area contributed by atoms with Gasteiger partial charge in [0.15, 0.2) is 0 Å². The van der Waals surface area contributed by atoms with Crippen LogP contribution in [0.1, 0.15) is 42.4 Å². The average Bonchev–Trinajstić information content (AvgIpc) is 2.72. The van der Waals surface area contributed by atoms with E-state index in [4.69, 9.17) is 4.74 Å². The number of anilines is 1. The maximum absolute atomic E-state index is 11.0. The van der Waals surface area contributed by atoms with Crippen LogP contribution >= 0.6 is 0 Å². The highest BCUT2D eigenvalue weighted by Crippen LogP contribution is 2.33. The third-order valence-corrected chi connectivity index (χ3v) is 5.15. The minimum absolute atomic E-state index is 0.0123. The van der Waals surface area contributed by atoms with Crippen LogP contribution in [0.4, 0.5) is 5.69 Å². The first kappa shape index (κ1) is 18.8. The summed E-state index contributed by atoms with van der Waals surface area (Å²) in [4.78, 5) is 13.3. The number of carbonyl (C=O) groups excluding carboxylic acids is 1. The van der Waals surface area contributed by atoms with Crippen LogP contribution < -0.4 is 15.0 Å². The largest absolute Gasteiger partial charge is 0.497 e. The van der Waals surface area contributed by atoms with E-state index in [2.05, 4.69) is 40.6 Å². The molecule has 140 valence electrons. The van der Waals surface area contributed by atoms with Gasteiger partial charge in [-0.3, -0.25) is 4.79 Å². The van der Waals surface area contributed by atoms with Crippen molar-refractivity contribution in [2.45, 2.75) is 32.2 Å². The Hall–Kier alpha value is -3.00. The number of piperidine rings is 1. The van der Waals surface area contributed by atoms with Gasteiger partial charge < -0.3 is 15.0 Å². The Morgan fingerprint density at radius 3 is 2.52 bits per heavy atom. The van der Waals surface area contributed by atoms with Gasteiger partial charge in [-0.05, 0) is 48.1 Å². The molecule has 27 heavy (non-hydrogen) atoms. The van der Waals surface area contributed by atoms with Crippen LogP contribution in [0.25, 0.3) is 0 Å². The highest BCUT2D eigenvalue weighted by molar-refractivity contribution is 5.72. The highest BCUT2D eigenvalue weighted by Gasteiger charge is 2.22. The molecule has 1 aliphatic heterocycles. The lowest BCUT2D eigenvalue weighted by atomic mass is 9.88. The first-order valence-electron chi connectivity index (χ1n) is 9.27. The van der Waals surface area contributed by atoms with Crippen molar-refractivity contribution in [3.8, 4) is 11.8 Å². The number of methoxy groups -OCH3 is 1. The van der Waals surface area contributed by atoms with E-state index in [9.17, 15) is 10.1 Å². The molecule has 0 unspecified atom stereocenters. The first-order chi connectivity index (χ1) is 13.1. The Balaban J connectivity index is 1.62. The topological polar surface area (TPSA) is 65.4 Å². The Bertz CT molecular complexity index is 832. The maximum Gasteiger partial charge on any atom is 0.217 e. The van der Waals surface area contributed by atoms with Crippen molar-refractivity contribution in [2.75, 3.05) is 25.1 Å². The van der Waals surface area contributed by atoms with E-state index in [0.29, 0.717) is 23.8 Å². The molecule has 0 aliphatic carbocycles. The predicted molar refractivity (Wildman–Crippen MR) is 106 cm³/mol. The van der Waals surface area contributed by atoms with Crippen molar-refractivity contribution in [2.24, 2.45) is 0 Å². The van der Waals surface area contributed by atoms with Gasteiger partial charge in [-0.25, -0.2) is 0 Å². The number of hydrogen-bond donors (Lipinski definition) is 1. The summed E-state index contributed by atoms with van der Waals surface area (Å²) in [5.41, 5.74) is 4.11. The summed E-state index contributed by atoms with van der Waals surface area (Å²) < 4.78 is 5.22. The van der Waals surface area contributed by atoms with Gasteiger partial charge in [-0.1, -0.05) is 24.3 Å². The Labute approximate surface area is 160 Å². The van der Waals surface area contributed by atoms with Gasteiger partial charge in [0.1, 0.15) is 11.8 Å². The third kappa shape index (κ3) is 4.59. The van der Waals surface area contributed by atoms with Crippen molar-refractivity contribution < 1.29 is 9.53 Å². The summed E-state index contributed by atoms with van der Waals surface area (Å²) in [6.45, 7) is 3.96. The first-order valence-corrected chi connectivity index (χ1v) is 9.27. The summed E-state index contributed by atoms with van der Waals surface area (Å²) in [5.74, 6) is 1.23. The molecule has 1 aliphatic rings. The van der Waals surface area contributed by atoms with E-state index in [-0.39, 0.29) is 5.91 Å². The predicted octanol–water partition coefficient (Wildman–Crippen LogP) is 3.59. The number of ether oxygens (including phenoxy) is 1. The van der Waals surface area contributed by atoms with E-state index in [1.165, 1.54) is 12.5 Å². The van der Waals surface area contributed by atoms with E-state index < -0.39 is 0 Å². The third-order valence-electron chi connectivity index (χ3n) is 5.15. The van der Waals surface area contributed by atoms with Crippen LogP contribution in [0.2, 0.25) is 0 Å². The van der Waals surface area contributed by atoms with Crippen LogP contribution in [0.5, 0.6) is 5.75 Å². The number of carbonyl (C=O) groups is 1. The van der Waals surface area contributed by atoms with Crippen LogP contribution in [0.3, 0.4) is 0 Å². The fourth-order valence-electron chi connectivity index (χ4n) is 3.60. The fraction of sp³-hybridized carbons (Fsp3) is 0.364. The molecular weight excluding hydrogens is 338 g/mol. The minimum Gasteiger partial charge on any atom is -0.497 e. The van der Waals surface area contributed by atoms with Crippen LogP contribution in [0, 0.1) is 11.3 Å². The second-order valence-electron chi connectivity index (χ2n) is 6.91. The van der Waals surface area contributed by atoms with Crippen LogP contribution in [-0.2, 0) is 11.3 Å². The maximum atomic E-state index is 11.0. The van der Waals surface area contributed by atoms with Crippen molar-refractivity contribution >= 4 is 11.6 Å². The molecule has 1 amide bonds. The molecule has 2 aromatic carbocycles. The molecule has 0 aromatic heterocycles. The molecule has 1 heterocycles. The summed E-state index contributed by atoms with van der Waals surface area (Å²) in [5, 5.41) is 12.3. The molecule has 5 nitrogen and oxygen atoms in total. The summed E-state index contributed by atoms with van der Waals surface area (Å²) in [6.07, 6.45) is 2.11. The smallest absolute Gasteiger partial charge is 0.217 e. The SMILES string of the molecule is COc1ccc(N2CCC(c3ccc(CNC(C)=O)cc3)CC2)c(C#N)c1. The van der Waals surface area contributed by atoms with E-state index in [1.807, 2.05) is 12.1 Å². The average molecular weight is 363 g/mol. The quantitative estimate of drug-likeness (QED) is 0.882. The molecule has 3 rings (SSSR count). The molecule has 0 spiro atoms. The molecule has 5 heteroatoms. The molecular formula is C22H25N3O2. The van der Waals surface area contributed by atoms with Gasteiger partial charge in [-0.2, -0.15) is 5.26 Å². The lowest BCUT2D eigenvalue weighted by molar-refractivity contribution is -0.119. The Kier molecular flexibility index (Phi) is 5.97. The van der Waals surface area contributed by atoms with Gasteiger partial charge in [0.2, 0.25) is 5.91 Å². The lowest BCUT2D eigenvalue weighted by Crippen LogP contribution is -2.33. The second-order valence-corrected chi connectivity index (χ2v) is 6.91. The number of rotatable bonds is 5. The number of nitrogens with zero attached hydrogens (tertiary/aromatic N) is 2. The van der Waals surface area contributed by atoms with Crippen LogP contribution in [-0.4, -0.2) is 26.1 Å². The van der Waals surface area contributed by atoms with Gasteiger partial charge in [0, 0.05) is 26.6 Å². The second kappa shape index (κ2) is 8.59. The van der Waals surface area contributed by atoms with Crippen molar-refractivity contribution in [1.82, 2.24) is 5.32 Å². The van der Waals surface area contributed by atoms with Gasteiger partial charge >= 0.3 is 0 Å². The Morgan fingerprint density at radius 2 is 1.93 bits per heavy atom. The molecule has 1 fully saturated rings. The molecule has 2 aromatic rings. The summed E-state index contributed by atoms with van der Waals surface area (Å²) in [6, 6.07) is 16.5. The molecule has 0 atom stereocenters. The van der Waals surface area contributed by atoms with Crippen LogP contribution in [0.15, 0.2) is 42.5 Å². The number of amides is 1. The standard InChI is InChI=1S/C22H25N3O2/c1-16(26)24-15-17-3-5-18(6-4-17)19-9-11-25(12-10-19)22-8-7-21(27-2)13-20(22)14-23/h3-8,13,19H,9-12,15H2,1-2H3,(H,24,26). The zero-order valence-electron chi connectivity index (χ0n) is 15.9. The number of hydrogen-bond acceptors (Lipinski definition) is 4. The molecule has 0 bridgehead atoms. The number of nitriles is 1. The monoisotopic (exact) mass is 363 g/mol. The Morgan fingerprint density at radius 1 is 1.22 bits per heavy atom. The van der Waals surface area contributed by atoms with E-state index in [0.717, 1.165) is 37.2 Å². The molecule has 1 N–H and O–H groups in total. The van der Waals surface area contributed by atoms with E-state index in [1.54, 1.807) is 13.2 Å². The molecule has 1 saturated heterocycles. The summed E-state index contributed by atoms with van der Waals surface area (Å²) in [7, 11) is 1.61. The number of benzene rings is 2. The van der Waals surface area contributed by atoms with Crippen molar-refractivity contribution in [3.63, 3.8) is 0 Å². The highest BCUT2D eigenvalue weighted by atomic mass is 16.5. The fourth-order valence-corrected chi connectivity index (χ4v) is 3.60. The van der Waals surface area contributed by atoms with Gasteiger partial charge in [0.05, 0.1) is 18.4 Å². The van der Waals surface area contributed by atoms with Crippen molar-refractivity contribution in [1.29, 1.82) is 5.26 Å². The zero-order valence-corrected chi connectivity index (χ0v) is 15.9.